The molecule has 2 aromatic carbocycles. The van der Waals surface area contributed by atoms with Crippen LogP contribution in [0.25, 0.3) is 11.1 Å². The third kappa shape index (κ3) is 6.84. The number of nitrogens with two attached hydrogens (primary N) is 1. The molecule has 0 aliphatic heterocycles. The van der Waals surface area contributed by atoms with Crippen LogP contribution in [0.1, 0.15) is 61.8 Å². The van der Waals surface area contributed by atoms with Gasteiger partial charge in [-0.15, -0.1) is 4.36 Å². The molecule has 35 heavy (non-hydrogen) atoms. The van der Waals surface area contributed by atoms with Crippen molar-refractivity contribution in [2.75, 3.05) is 14.1 Å². The van der Waals surface area contributed by atoms with Gasteiger partial charge in [0, 0.05) is 24.5 Å². The van der Waals surface area contributed by atoms with Crippen LogP contribution in [-0.2, 0) is 27.7 Å². The lowest BCUT2D eigenvalue weighted by molar-refractivity contribution is -0.117. The molecular formula is C28H36N4O2S. The number of carbonyl (C=O) groups excluding carboxylic acids is 1. The standard InChI is InChI=1S/C28H36N4O2S/c1-19(2)25-14-23(22-8-7-13-30-17-22)15-26(20(3)4)27(25)16-28(33)31-35(29,34)24-11-9-21(10-12-24)18-32(5)6/h7-15,17,19-20H,16,18H2,1-6H3,(H2,29,31,33,34). The highest BCUT2D eigenvalue weighted by Crippen LogP contribution is 2.34. The van der Waals surface area contributed by atoms with Crippen LogP contribution in [0.3, 0.4) is 0 Å². The average molecular weight is 493 g/mol. The van der Waals surface area contributed by atoms with Crippen molar-refractivity contribution in [1.29, 1.82) is 0 Å². The van der Waals surface area contributed by atoms with Gasteiger partial charge in [0.2, 0.25) is 0 Å². The molecule has 0 spiro atoms. The van der Waals surface area contributed by atoms with Crippen LogP contribution in [0.4, 0.5) is 0 Å². The predicted molar refractivity (Wildman–Crippen MR) is 143 cm³/mol. The molecule has 1 heterocycles. The van der Waals surface area contributed by atoms with E-state index < -0.39 is 15.8 Å². The number of carbonyl (C=O) groups is 1. The second-order valence-electron chi connectivity index (χ2n) is 9.80. The van der Waals surface area contributed by atoms with Gasteiger partial charge in [0.15, 0.2) is 0 Å². The molecule has 0 saturated heterocycles. The summed E-state index contributed by atoms with van der Waals surface area (Å²) >= 11 is 0. The third-order valence-corrected chi connectivity index (χ3v) is 7.31. The highest BCUT2D eigenvalue weighted by molar-refractivity contribution is 7.91. The van der Waals surface area contributed by atoms with Crippen LogP contribution < -0.4 is 5.14 Å². The highest BCUT2D eigenvalue weighted by atomic mass is 32.2. The monoisotopic (exact) mass is 492 g/mol. The minimum absolute atomic E-state index is 0.0568. The Hall–Kier alpha value is -2.87. The Morgan fingerprint density at radius 3 is 2.09 bits per heavy atom. The quantitative estimate of drug-likeness (QED) is 0.448. The molecule has 0 aliphatic rings. The van der Waals surface area contributed by atoms with Gasteiger partial charge in [0.1, 0.15) is 9.92 Å². The second kappa shape index (κ2) is 11.2. The van der Waals surface area contributed by atoms with Crippen molar-refractivity contribution in [2.24, 2.45) is 9.50 Å². The van der Waals surface area contributed by atoms with Crippen molar-refractivity contribution < 1.29 is 9.00 Å². The van der Waals surface area contributed by atoms with Crippen molar-refractivity contribution >= 4 is 15.8 Å². The van der Waals surface area contributed by atoms with Gasteiger partial charge in [-0.05, 0) is 71.9 Å². The van der Waals surface area contributed by atoms with Crippen LogP contribution in [0, 0.1) is 0 Å². The van der Waals surface area contributed by atoms with Crippen LogP contribution in [0.15, 0.2) is 70.2 Å². The summed E-state index contributed by atoms with van der Waals surface area (Å²) in [6.07, 6.45) is 3.66. The zero-order valence-corrected chi connectivity index (χ0v) is 22.3. The van der Waals surface area contributed by atoms with E-state index in [0.717, 1.165) is 39.9 Å². The summed E-state index contributed by atoms with van der Waals surface area (Å²) in [4.78, 5) is 19.7. The molecule has 6 nitrogen and oxygen atoms in total. The van der Waals surface area contributed by atoms with Crippen LogP contribution in [0.5, 0.6) is 0 Å². The molecule has 1 unspecified atom stereocenters. The summed E-state index contributed by atoms with van der Waals surface area (Å²) in [6.45, 7) is 9.20. The van der Waals surface area contributed by atoms with Gasteiger partial charge < -0.3 is 4.90 Å². The Morgan fingerprint density at radius 2 is 1.60 bits per heavy atom. The normalized spacial score (nSPS) is 13.3. The second-order valence-corrected chi connectivity index (χ2v) is 11.6. The first-order valence-corrected chi connectivity index (χ1v) is 13.4. The maximum Gasteiger partial charge on any atom is 0.259 e. The van der Waals surface area contributed by atoms with E-state index in [0.29, 0.717) is 4.90 Å². The fourth-order valence-electron chi connectivity index (χ4n) is 4.19. The predicted octanol–water partition coefficient (Wildman–Crippen LogP) is 5.53. The van der Waals surface area contributed by atoms with E-state index in [1.54, 1.807) is 18.3 Å². The van der Waals surface area contributed by atoms with Gasteiger partial charge in [-0.2, -0.15) is 0 Å². The minimum Gasteiger partial charge on any atom is -0.305 e. The van der Waals surface area contributed by atoms with Gasteiger partial charge in [0.25, 0.3) is 5.91 Å². The molecule has 1 amide bonds. The molecule has 0 fully saturated rings. The fourth-order valence-corrected chi connectivity index (χ4v) is 5.19. The van der Waals surface area contributed by atoms with Gasteiger partial charge >= 0.3 is 0 Å². The molecule has 0 radical (unpaired) electrons. The van der Waals surface area contributed by atoms with E-state index in [2.05, 4.69) is 49.2 Å². The Balaban J connectivity index is 1.98. The molecule has 0 saturated carbocycles. The SMILES string of the molecule is CC(C)c1cc(-c2cccnc2)cc(C(C)C)c1CC(=O)N=S(N)(=O)c1ccc(CN(C)C)cc1. The Bertz CT molecular complexity index is 1260. The molecule has 3 aromatic rings. The Kier molecular flexibility index (Phi) is 8.59. The van der Waals surface area contributed by atoms with Crippen LogP contribution in [-0.4, -0.2) is 34.1 Å². The topological polar surface area (TPSA) is 88.6 Å². The number of hydrogen-bond acceptors (Lipinski definition) is 4. The number of rotatable bonds is 8. The first-order chi connectivity index (χ1) is 16.5. The largest absolute Gasteiger partial charge is 0.305 e. The molecule has 1 atom stereocenters. The molecular weight excluding hydrogens is 456 g/mol. The number of amides is 1. The maximum atomic E-state index is 13.2. The van der Waals surface area contributed by atoms with Gasteiger partial charge in [-0.1, -0.05) is 58.0 Å². The lowest BCUT2D eigenvalue weighted by Crippen LogP contribution is -2.17. The number of aromatic nitrogens is 1. The lowest BCUT2D eigenvalue weighted by Gasteiger charge is -2.21. The zero-order chi connectivity index (χ0) is 25.8. The summed E-state index contributed by atoms with van der Waals surface area (Å²) in [5, 5.41) is 6.06. The van der Waals surface area contributed by atoms with Crippen LogP contribution >= 0.6 is 0 Å². The smallest absolute Gasteiger partial charge is 0.259 e. The average Bonchev–Trinajstić information content (AvgIpc) is 2.79. The number of pyridine rings is 1. The third-order valence-electron chi connectivity index (χ3n) is 5.88. The molecule has 7 heteroatoms. The summed E-state index contributed by atoms with van der Waals surface area (Å²) in [7, 11) is 0.622. The number of hydrogen-bond donors (Lipinski definition) is 1. The molecule has 0 bridgehead atoms. The molecule has 0 aliphatic carbocycles. The molecule has 2 N–H and O–H groups in total. The summed E-state index contributed by atoms with van der Waals surface area (Å²) in [5.41, 5.74) is 6.26. The van der Waals surface area contributed by atoms with E-state index in [9.17, 15) is 9.00 Å². The summed E-state index contributed by atoms with van der Waals surface area (Å²) < 4.78 is 17.2. The van der Waals surface area contributed by atoms with Gasteiger partial charge in [-0.25, -0.2) is 9.35 Å². The van der Waals surface area contributed by atoms with Crippen molar-refractivity contribution in [1.82, 2.24) is 9.88 Å². The van der Waals surface area contributed by atoms with E-state index in [1.807, 2.05) is 49.5 Å². The molecule has 1 aromatic heterocycles. The van der Waals surface area contributed by atoms with Crippen LogP contribution in [0.2, 0.25) is 0 Å². The number of benzene rings is 2. The van der Waals surface area contributed by atoms with Gasteiger partial charge in [-0.3, -0.25) is 9.78 Å². The number of nitrogens with zero attached hydrogens (tertiary/aromatic N) is 3. The zero-order valence-electron chi connectivity index (χ0n) is 21.5. The molecule has 3 rings (SSSR count). The Labute approximate surface area is 209 Å². The minimum atomic E-state index is -3.34. The van der Waals surface area contributed by atoms with E-state index in [1.165, 1.54) is 0 Å². The fraction of sp³-hybridized carbons (Fsp3) is 0.357. The van der Waals surface area contributed by atoms with Gasteiger partial charge in [0.05, 0.1) is 11.3 Å². The first-order valence-electron chi connectivity index (χ1n) is 11.9. The summed E-state index contributed by atoms with van der Waals surface area (Å²) in [5.74, 6) is -0.0930. The highest BCUT2D eigenvalue weighted by Gasteiger charge is 2.20. The van der Waals surface area contributed by atoms with Crippen molar-refractivity contribution in [3.63, 3.8) is 0 Å². The maximum absolute atomic E-state index is 13.2. The van der Waals surface area contributed by atoms with E-state index in [-0.39, 0.29) is 18.3 Å². The van der Waals surface area contributed by atoms with E-state index in [4.69, 9.17) is 5.14 Å². The first kappa shape index (κ1) is 26.7. The lowest BCUT2D eigenvalue weighted by atomic mass is 9.84. The van der Waals surface area contributed by atoms with E-state index >= 15 is 0 Å². The molecule has 186 valence electrons. The van der Waals surface area contributed by atoms with Crippen molar-refractivity contribution in [2.45, 2.75) is 57.4 Å². The van der Waals surface area contributed by atoms with Crippen molar-refractivity contribution in [3.8, 4) is 11.1 Å². The Morgan fingerprint density at radius 1 is 1.00 bits per heavy atom. The summed E-state index contributed by atoms with van der Waals surface area (Å²) in [6, 6.07) is 15.3. The van der Waals surface area contributed by atoms with Crippen molar-refractivity contribution in [3.05, 3.63) is 83.2 Å².